The van der Waals surface area contributed by atoms with Crippen LogP contribution in [-0.2, 0) is 76.8 Å². The fourth-order valence-electron chi connectivity index (χ4n) is 8.32. The lowest BCUT2D eigenvalue weighted by molar-refractivity contribution is -0.145. The molecule has 1 saturated heterocycles. The summed E-state index contributed by atoms with van der Waals surface area (Å²) in [6.45, 7) is -0.0463. The summed E-state index contributed by atoms with van der Waals surface area (Å²) in [5.41, 5.74) is 23.0. The number of phenolic OH excluding ortho intramolecular Hbond substituents is 1. The van der Waals surface area contributed by atoms with Gasteiger partial charge in [0.25, 0.3) is 0 Å². The summed E-state index contributed by atoms with van der Waals surface area (Å²) in [5.74, 6) is -12.6. The molecule has 1 fully saturated rings. The number of benzene rings is 2. The molecule has 434 valence electrons. The lowest BCUT2D eigenvalue weighted by atomic mass is 10.0. The van der Waals surface area contributed by atoms with E-state index >= 15 is 0 Å². The molecule has 30 heteroatoms. The smallest absolute Gasteiger partial charge is 0.328 e. The quantitative estimate of drug-likeness (QED) is 0.0276. The Morgan fingerprint density at radius 2 is 1.18 bits per heavy atom. The second-order valence-electron chi connectivity index (χ2n) is 18.9. The van der Waals surface area contributed by atoms with Crippen LogP contribution in [0.25, 0.3) is 0 Å². The summed E-state index contributed by atoms with van der Waals surface area (Å²) in [7, 11) is 0. The van der Waals surface area contributed by atoms with E-state index in [1.54, 1.807) is 30.3 Å². The molecule has 20 N–H and O–H groups in total. The average Bonchev–Trinajstić information content (AvgIpc) is 4.13. The monoisotopic (exact) mass is 1120 g/mol. The molecule has 3 aromatic rings. The highest BCUT2D eigenvalue weighted by Gasteiger charge is 2.41. The number of likely N-dealkylation sites (tertiary alicyclic amines) is 1. The molecule has 30 nitrogen and oxygen atoms in total. The lowest BCUT2D eigenvalue weighted by Crippen LogP contribution is -2.61. The van der Waals surface area contributed by atoms with Crippen LogP contribution in [0.2, 0.25) is 0 Å². The van der Waals surface area contributed by atoms with Crippen molar-refractivity contribution < 1.29 is 78.0 Å². The number of aliphatic hydroxyl groups excluding tert-OH is 2. The number of aliphatic hydroxyl groups is 2. The van der Waals surface area contributed by atoms with Crippen molar-refractivity contribution in [2.45, 2.75) is 132 Å². The van der Waals surface area contributed by atoms with Crippen LogP contribution < -0.4 is 60.2 Å². The summed E-state index contributed by atoms with van der Waals surface area (Å²) in [6.07, 6.45) is -1.54. The van der Waals surface area contributed by atoms with E-state index in [1.807, 2.05) is 0 Å². The standard InChI is InChI=1S/C50H68N14O16/c1-25(66)41(50(79)80)63-46(75)33(20-28-22-55-24-56-28)60-48(77)37-8-5-17-64(37)49(78)35(19-27-9-11-29(67)12-10-27)61-47(76)36(23-65)62-45(74)34(21-40(54)70)59-44(73)32(18-26-6-3-2-4-7-26)58-43(72)31(14-16-39(53)69)57-42(71)30(51)13-15-38(52)68/h2-4,6-7,9-12,22,24-25,30-37,41,65-67H,5,8,13-21,23,51H2,1H3,(H2,52,68)(H2,53,69)(H2,54,70)(H,55,56)(H,57,71)(H,58,72)(H,59,73)(H,60,77)(H,61,76)(H,62,74)(H,63,75)(H,79,80)/t25-,30+,31+,32+,33+,34+,35+,36+,37+,41+/m1/s1. The van der Waals surface area contributed by atoms with Crippen molar-refractivity contribution in [3.63, 3.8) is 0 Å². The number of aromatic hydroxyl groups is 1. The zero-order chi connectivity index (χ0) is 59.2. The van der Waals surface area contributed by atoms with Gasteiger partial charge in [0.2, 0.25) is 65.0 Å². The van der Waals surface area contributed by atoms with Crippen LogP contribution in [0.15, 0.2) is 67.1 Å². The molecular weight excluding hydrogens is 1050 g/mol. The molecule has 80 heavy (non-hydrogen) atoms. The molecule has 4 rings (SSSR count). The molecule has 2 aromatic carbocycles. The summed E-state index contributed by atoms with van der Waals surface area (Å²) in [5, 5.41) is 56.7. The number of nitrogens with zero attached hydrogens (tertiary/aromatic N) is 2. The Bertz CT molecular complexity index is 2680. The van der Waals surface area contributed by atoms with Crippen molar-refractivity contribution in [2.24, 2.45) is 22.9 Å². The fourth-order valence-corrected chi connectivity index (χ4v) is 8.32. The molecule has 1 aliphatic heterocycles. The van der Waals surface area contributed by atoms with Crippen molar-refractivity contribution in [3.05, 3.63) is 83.9 Å². The lowest BCUT2D eigenvalue weighted by Gasteiger charge is -2.31. The highest BCUT2D eigenvalue weighted by molar-refractivity contribution is 5.99. The maximum Gasteiger partial charge on any atom is 0.328 e. The number of imidazole rings is 1. The van der Waals surface area contributed by atoms with Gasteiger partial charge in [-0.05, 0) is 55.9 Å². The second-order valence-corrected chi connectivity index (χ2v) is 18.9. The number of aliphatic carboxylic acids is 1. The minimum absolute atomic E-state index is 0.0466. The Balaban J connectivity index is 1.58. The summed E-state index contributed by atoms with van der Waals surface area (Å²) in [4.78, 5) is 166. The van der Waals surface area contributed by atoms with Gasteiger partial charge in [-0.1, -0.05) is 42.5 Å². The zero-order valence-corrected chi connectivity index (χ0v) is 43.5. The minimum Gasteiger partial charge on any atom is -0.508 e. The summed E-state index contributed by atoms with van der Waals surface area (Å²) >= 11 is 0. The predicted octanol–water partition coefficient (Wildman–Crippen LogP) is -6.28. The van der Waals surface area contributed by atoms with Gasteiger partial charge < -0.3 is 90.5 Å². The number of carbonyl (C=O) groups excluding carboxylic acids is 11. The number of hydrogen-bond donors (Lipinski definition) is 16. The van der Waals surface area contributed by atoms with Crippen LogP contribution in [0.5, 0.6) is 5.75 Å². The molecule has 0 unspecified atom stereocenters. The molecule has 0 saturated carbocycles. The number of primary amides is 3. The van der Waals surface area contributed by atoms with Gasteiger partial charge in [-0.2, -0.15) is 0 Å². The molecule has 0 bridgehead atoms. The zero-order valence-electron chi connectivity index (χ0n) is 43.5. The van der Waals surface area contributed by atoms with E-state index in [2.05, 4.69) is 47.2 Å². The summed E-state index contributed by atoms with van der Waals surface area (Å²) in [6, 6.07) is -0.764. The van der Waals surface area contributed by atoms with Gasteiger partial charge in [0.1, 0.15) is 48.0 Å². The first-order valence-electron chi connectivity index (χ1n) is 25.2. The molecule has 1 aliphatic rings. The number of rotatable bonds is 32. The van der Waals surface area contributed by atoms with Crippen LogP contribution in [0.4, 0.5) is 0 Å². The number of carbonyl (C=O) groups is 12. The van der Waals surface area contributed by atoms with Crippen molar-refractivity contribution >= 4 is 70.9 Å². The molecule has 2 heterocycles. The highest BCUT2D eigenvalue weighted by atomic mass is 16.4. The first-order valence-corrected chi connectivity index (χ1v) is 25.2. The van der Waals surface area contributed by atoms with E-state index in [9.17, 15) is 78.0 Å². The van der Waals surface area contributed by atoms with Crippen LogP contribution in [0.1, 0.15) is 68.7 Å². The third kappa shape index (κ3) is 20.1. The Morgan fingerprint density at radius 3 is 1.76 bits per heavy atom. The molecule has 0 radical (unpaired) electrons. The van der Waals surface area contributed by atoms with E-state index in [1.165, 1.54) is 36.8 Å². The largest absolute Gasteiger partial charge is 0.508 e. The van der Waals surface area contributed by atoms with Crippen molar-refractivity contribution in [3.8, 4) is 5.75 Å². The normalized spacial score (nSPS) is 16.3. The van der Waals surface area contributed by atoms with Crippen LogP contribution in [-0.4, -0.2) is 180 Å². The third-order valence-corrected chi connectivity index (χ3v) is 12.6. The molecule has 10 atom stereocenters. The fraction of sp³-hybridized carbons (Fsp3) is 0.460. The van der Waals surface area contributed by atoms with Crippen LogP contribution >= 0.6 is 0 Å². The number of phenols is 1. The van der Waals surface area contributed by atoms with E-state index in [4.69, 9.17) is 22.9 Å². The number of nitrogens with two attached hydrogens (primary N) is 4. The first-order chi connectivity index (χ1) is 37.9. The maximum absolute atomic E-state index is 14.6. The van der Waals surface area contributed by atoms with Crippen molar-refractivity contribution in [1.29, 1.82) is 0 Å². The van der Waals surface area contributed by atoms with Gasteiger partial charge in [-0.3, -0.25) is 52.7 Å². The van der Waals surface area contributed by atoms with Gasteiger partial charge in [0.15, 0.2) is 6.04 Å². The number of aromatic amines is 1. The number of H-pyrrole nitrogens is 1. The number of nitrogens with one attached hydrogen (secondary N) is 8. The van der Waals surface area contributed by atoms with Crippen molar-refractivity contribution in [1.82, 2.24) is 52.1 Å². The number of carboxylic acids is 1. The minimum atomic E-state index is -1.91. The maximum atomic E-state index is 14.6. The van der Waals surface area contributed by atoms with Crippen molar-refractivity contribution in [2.75, 3.05) is 13.2 Å². The molecule has 1 aromatic heterocycles. The van der Waals surface area contributed by atoms with E-state index < -0.39 is 151 Å². The Kier molecular flexibility index (Phi) is 24.4. The van der Waals surface area contributed by atoms with Crippen LogP contribution in [0, 0.1) is 0 Å². The van der Waals surface area contributed by atoms with Gasteiger partial charge >= 0.3 is 5.97 Å². The van der Waals surface area contributed by atoms with E-state index in [0.29, 0.717) is 16.8 Å². The Labute approximate surface area is 457 Å². The van der Waals surface area contributed by atoms with Gasteiger partial charge in [0.05, 0.1) is 31.5 Å². The van der Waals surface area contributed by atoms with Gasteiger partial charge in [-0.15, -0.1) is 0 Å². The topological polar surface area (TPSA) is 506 Å². The molecule has 0 spiro atoms. The van der Waals surface area contributed by atoms with Gasteiger partial charge in [-0.25, -0.2) is 9.78 Å². The molecule has 0 aliphatic carbocycles. The number of hydrogen-bond acceptors (Lipinski definition) is 17. The number of carboxylic acid groups (broad SMARTS) is 1. The van der Waals surface area contributed by atoms with E-state index in [0.717, 1.165) is 11.8 Å². The van der Waals surface area contributed by atoms with Gasteiger partial charge in [0, 0.05) is 50.5 Å². The number of amides is 11. The molecule has 11 amide bonds. The summed E-state index contributed by atoms with van der Waals surface area (Å²) < 4.78 is 0. The Morgan fingerprint density at radius 1 is 0.650 bits per heavy atom. The Hall–Kier alpha value is -9.03. The molecular formula is C50H68N14O16. The van der Waals surface area contributed by atoms with Crippen LogP contribution in [0.3, 0.4) is 0 Å². The van der Waals surface area contributed by atoms with E-state index in [-0.39, 0.29) is 63.7 Å². The SMILES string of the molecule is C[C@@H](O)[C@H](NC(=O)[C@H](Cc1cnc[nH]1)NC(=O)[C@@H]1CCCN1C(=O)[C@H](Cc1ccc(O)cc1)NC(=O)[C@H](CO)NC(=O)[C@H](CC(N)=O)NC(=O)[C@H](Cc1ccccc1)NC(=O)[C@H](CCC(N)=O)NC(=O)[C@@H](N)CCC(N)=O)C(=O)O. The number of aromatic nitrogens is 2. The average molecular weight is 1120 g/mol. The first kappa shape index (κ1) is 63.5. The predicted molar refractivity (Wildman–Crippen MR) is 278 cm³/mol. The second kappa shape index (κ2) is 30.8. The highest BCUT2D eigenvalue weighted by Crippen LogP contribution is 2.21. The third-order valence-electron chi connectivity index (χ3n) is 12.6.